The van der Waals surface area contributed by atoms with Gasteiger partial charge in [-0.25, -0.2) is 0 Å². The number of likely N-dealkylation sites (N-methyl/N-ethyl adjacent to an activating group) is 1. The van der Waals surface area contributed by atoms with Crippen molar-refractivity contribution in [3.63, 3.8) is 0 Å². The number of piperidine rings is 1. The van der Waals surface area contributed by atoms with Gasteiger partial charge in [0.2, 0.25) is 0 Å². The van der Waals surface area contributed by atoms with Crippen LogP contribution in [-0.2, 0) is 5.41 Å². The molecule has 0 spiro atoms. The molecule has 1 atom stereocenters. The minimum Gasteiger partial charge on any atom is -0.330 e. The smallest absolute Gasteiger partial charge is 0.00756 e. The lowest BCUT2D eigenvalue weighted by atomic mass is 9.64. The second-order valence-corrected chi connectivity index (χ2v) is 6.56. The van der Waals surface area contributed by atoms with E-state index in [4.69, 9.17) is 5.73 Å². The minimum absolute atomic E-state index is 0.302. The van der Waals surface area contributed by atoms with E-state index in [1.54, 1.807) is 0 Å². The zero-order valence-corrected chi connectivity index (χ0v) is 12.1. The fraction of sp³-hybridized carbons (Fsp3) is 0.647. The van der Waals surface area contributed by atoms with Gasteiger partial charge in [-0.15, -0.1) is 0 Å². The zero-order valence-electron chi connectivity index (χ0n) is 12.1. The third-order valence-corrected chi connectivity index (χ3v) is 5.30. The number of hydrogen-bond donors (Lipinski definition) is 1. The maximum atomic E-state index is 6.04. The average Bonchev–Trinajstić information content (AvgIpc) is 2.39. The number of nitrogens with two attached hydrogens (primary N) is 1. The van der Waals surface area contributed by atoms with Crippen LogP contribution in [0.3, 0.4) is 0 Å². The fourth-order valence-corrected chi connectivity index (χ4v) is 3.78. The van der Waals surface area contributed by atoms with E-state index in [1.165, 1.54) is 56.3 Å². The Balaban J connectivity index is 1.83. The lowest BCUT2D eigenvalue weighted by Crippen LogP contribution is -2.41. The molecule has 19 heavy (non-hydrogen) atoms. The molecule has 0 bridgehead atoms. The predicted molar refractivity (Wildman–Crippen MR) is 80.5 cm³/mol. The van der Waals surface area contributed by atoms with Crippen LogP contribution in [0.25, 0.3) is 0 Å². The van der Waals surface area contributed by atoms with Crippen LogP contribution >= 0.6 is 0 Å². The third kappa shape index (κ3) is 2.44. The van der Waals surface area contributed by atoms with E-state index in [-0.39, 0.29) is 0 Å². The predicted octanol–water partition coefficient (Wildman–Crippen LogP) is 2.88. The number of rotatable bonds is 3. The van der Waals surface area contributed by atoms with Gasteiger partial charge in [0.25, 0.3) is 0 Å². The molecule has 1 saturated carbocycles. The van der Waals surface area contributed by atoms with Crippen LogP contribution in [0.1, 0.15) is 49.1 Å². The van der Waals surface area contributed by atoms with Gasteiger partial charge in [-0.1, -0.05) is 30.7 Å². The standard InChI is InChI=1S/C17H26N2/c1-19-10-3-6-15(12-19)14-5-2-7-16(11-14)17(13-18)8-4-9-17/h2,5,7,11,15H,3-4,6,8-10,12-13,18H2,1H3. The van der Waals surface area contributed by atoms with Crippen molar-refractivity contribution in [1.82, 2.24) is 4.90 Å². The summed E-state index contributed by atoms with van der Waals surface area (Å²) in [6.45, 7) is 3.27. The molecule has 2 heteroatoms. The Bertz CT molecular complexity index is 431. The lowest BCUT2D eigenvalue weighted by Gasteiger charge is -2.42. The van der Waals surface area contributed by atoms with Crippen LogP contribution in [0, 0.1) is 0 Å². The van der Waals surface area contributed by atoms with Gasteiger partial charge in [0, 0.05) is 18.5 Å². The molecule has 1 aromatic carbocycles. The molecule has 2 nitrogen and oxygen atoms in total. The van der Waals surface area contributed by atoms with Crippen LogP contribution in [0.2, 0.25) is 0 Å². The highest BCUT2D eigenvalue weighted by atomic mass is 15.1. The van der Waals surface area contributed by atoms with Crippen molar-refractivity contribution in [2.24, 2.45) is 5.73 Å². The first-order valence-corrected chi connectivity index (χ1v) is 7.73. The van der Waals surface area contributed by atoms with Gasteiger partial charge in [-0.05, 0) is 56.3 Å². The molecule has 0 aromatic heterocycles. The van der Waals surface area contributed by atoms with Crippen molar-refractivity contribution < 1.29 is 0 Å². The molecule has 1 heterocycles. The van der Waals surface area contributed by atoms with Crippen LogP contribution in [0.4, 0.5) is 0 Å². The summed E-state index contributed by atoms with van der Waals surface area (Å²) in [5.41, 5.74) is 9.37. The molecular formula is C17H26N2. The molecule has 2 fully saturated rings. The number of nitrogens with zero attached hydrogens (tertiary/aromatic N) is 1. The van der Waals surface area contributed by atoms with Crippen LogP contribution < -0.4 is 5.73 Å². The minimum atomic E-state index is 0.302. The van der Waals surface area contributed by atoms with Gasteiger partial charge in [-0.3, -0.25) is 0 Å². The topological polar surface area (TPSA) is 29.3 Å². The number of likely N-dealkylation sites (tertiary alicyclic amines) is 1. The van der Waals surface area contributed by atoms with E-state index < -0.39 is 0 Å². The molecule has 1 aliphatic heterocycles. The van der Waals surface area contributed by atoms with E-state index in [1.807, 2.05) is 0 Å². The summed E-state index contributed by atoms with van der Waals surface area (Å²) >= 11 is 0. The van der Waals surface area contributed by atoms with E-state index in [9.17, 15) is 0 Å². The first kappa shape index (κ1) is 13.1. The summed E-state index contributed by atoms with van der Waals surface area (Å²) in [4.78, 5) is 2.46. The van der Waals surface area contributed by atoms with E-state index in [0.29, 0.717) is 11.3 Å². The van der Waals surface area contributed by atoms with Gasteiger partial charge >= 0.3 is 0 Å². The zero-order chi connectivity index (χ0) is 13.3. The Morgan fingerprint density at radius 2 is 2.16 bits per heavy atom. The number of benzene rings is 1. The van der Waals surface area contributed by atoms with Gasteiger partial charge in [0.05, 0.1) is 0 Å². The van der Waals surface area contributed by atoms with Crippen molar-refractivity contribution >= 4 is 0 Å². The van der Waals surface area contributed by atoms with Crippen LogP contribution in [0.5, 0.6) is 0 Å². The Hall–Kier alpha value is -0.860. The molecule has 0 radical (unpaired) electrons. The molecule has 1 aliphatic carbocycles. The Morgan fingerprint density at radius 1 is 1.32 bits per heavy atom. The summed E-state index contributed by atoms with van der Waals surface area (Å²) in [6, 6.07) is 9.31. The van der Waals surface area contributed by atoms with Crippen molar-refractivity contribution in [3.8, 4) is 0 Å². The summed E-state index contributed by atoms with van der Waals surface area (Å²) < 4.78 is 0. The highest BCUT2D eigenvalue weighted by molar-refractivity contribution is 5.34. The molecule has 2 aliphatic rings. The van der Waals surface area contributed by atoms with Gasteiger partial charge in [-0.2, -0.15) is 0 Å². The van der Waals surface area contributed by atoms with E-state index in [0.717, 1.165) is 6.54 Å². The summed E-state index contributed by atoms with van der Waals surface area (Å²) in [7, 11) is 2.24. The molecule has 2 N–H and O–H groups in total. The Morgan fingerprint density at radius 3 is 2.79 bits per heavy atom. The van der Waals surface area contributed by atoms with Gasteiger partial charge in [0.15, 0.2) is 0 Å². The molecule has 1 aromatic rings. The fourth-order valence-electron chi connectivity index (χ4n) is 3.78. The van der Waals surface area contributed by atoms with Crippen LogP contribution in [-0.4, -0.2) is 31.6 Å². The van der Waals surface area contributed by atoms with Crippen molar-refractivity contribution in [2.75, 3.05) is 26.7 Å². The maximum Gasteiger partial charge on any atom is 0.00756 e. The Kier molecular flexibility index (Phi) is 3.64. The molecule has 0 amide bonds. The Labute approximate surface area is 117 Å². The summed E-state index contributed by atoms with van der Waals surface area (Å²) in [5, 5.41) is 0. The molecule has 1 saturated heterocycles. The molecular weight excluding hydrogens is 232 g/mol. The normalized spacial score (nSPS) is 26.9. The second kappa shape index (κ2) is 5.26. The second-order valence-electron chi connectivity index (χ2n) is 6.56. The highest BCUT2D eigenvalue weighted by Gasteiger charge is 2.37. The third-order valence-electron chi connectivity index (χ3n) is 5.30. The summed E-state index contributed by atoms with van der Waals surface area (Å²) in [6.07, 6.45) is 6.56. The van der Waals surface area contributed by atoms with Crippen molar-refractivity contribution in [3.05, 3.63) is 35.4 Å². The van der Waals surface area contributed by atoms with Gasteiger partial charge in [0.1, 0.15) is 0 Å². The van der Waals surface area contributed by atoms with Crippen LogP contribution in [0.15, 0.2) is 24.3 Å². The largest absolute Gasteiger partial charge is 0.330 e. The first-order chi connectivity index (χ1) is 9.23. The summed E-state index contributed by atoms with van der Waals surface area (Å²) in [5.74, 6) is 0.716. The SMILES string of the molecule is CN1CCCC(c2cccc(C3(CN)CCC3)c2)C1. The van der Waals surface area contributed by atoms with E-state index >= 15 is 0 Å². The van der Waals surface area contributed by atoms with Crippen molar-refractivity contribution in [1.29, 1.82) is 0 Å². The van der Waals surface area contributed by atoms with E-state index in [2.05, 4.69) is 36.2 Å². The lowest BCUT2D eigenvalue weighted by molar-refractivity contribution is 0.246. The quantitative estimate of drug-likeness (QED) is 0.903. The first-order valence-electron chi connectivity index (χ1n) is 7.73. The monoisotopic (exact) mass is 258 g/mol. The van der Waals surface area contributed by atoms with Crippen molar-refractivity contribution in [2.45, 2.75) is 43.4 Å². The average molecular weight is 258 g/mol. The molecule has 104 valence electrons. The number of hydrogen-bond acceptors (Lipinski definition) is 2. The molecule has 3 rings (SSSR count). The molecule has 1 unspecified atom stereocenters. The maximum absolute atomic E-state index is 6.04. The highest BCUT2D eigenvalue weighted by Crippen LogP contribution is 2.43. The van der Waals surface area contributed by atoms with Gasteiger partial charge < -0.3 is 10.6 Å².